The Hall–Kier alpha value is -1.81. The summed E-state index contributed by atoms with van der Waals surface area (Å²) in [5.74, 6) is -0.337. The van der Waals surface area contributed by atoms with Gasteiger partial charge >= 0.3 is 5.97 Å². The van der Waals surface area contributed by atoms with Crippen LogP contribution in [-0.4, -0.2) is 13.1 Å². The molecule has 2 aromatic carbocycles. The Balaban J connectivity index is 2.21. The summed E-state index contributed by atoms with van der Waals surface area (Å²) in [5.41, 5.74) is 2.46. The fourth-order valence-corrected chi connectivity index (χ4v) is 2.23. The predicted octanol–water partition coefficient (Wildman–Crippen LogP) is 4.41. The van der Waals surface area contributed by atoms with E-state index in [2.05, 4.69) is 28.2 Å². The van der Waals surface area contributed by atoms with E-state index in [1.54, 1.807) is 6.07 Å². The second kappa shape index (κ2) is 6.57. The molecular formula is C16H16BrNO2. The maximum Gasteiger partial charge on any atom is 0.339 e. The second-order valence-electron chi connectivity index (χ2n) is 4.45. The topological polar surface area (TPSA) is 38.3 Å². The number of esters is 1. The van der Waals surface area contributed by atoms with Gasteiger partial charge in [0.25, 0.3) is 0 Å². The zero-order valence-corrected chi connectivity index (χ0v) is 13.0. The summed E-state index contributed by atoms with van der Waals surface area (Å²) in [6, 6.07) is 15.5. The van der Waals surface area contributed by atoms with Crippen LogP contribution in [0.5, 0.6) is 0 Å². The molecule has 0 spiro atoms. The van der Waals surface area contributed by atoms with Crippen LogP contribution in [0.15, 0.2) is 53.0 Å². The van der Waals surface area contributed by atoms with Gasteiger partial charge < -0.3 is 10.1 Å². The average molecular weight is 334 g/mol. The van der Waals surface area contributed by atoms with Gasteiger partial charge in [0.15, 0.2) is 0 Å². The lowest BCUT2D eigenvalue weighted by Gasteiger charge is -2.17. The van der Waals surface area contributed by atoms with Crippen molar-refractivity contribution in [3.8, 4) is 0 Å². The summed E-state index contributed by atoms with van der Waals surface area (Å²) in [6.07, 6.45) is 0. The minimum absolute atomic E-state index is 0.0916. The van der Waals surface area contributed by atoms with E-state index in [9.17, 15) is 4.79 Å². The van der Waals surface area contributed by atoms with Crippen molar-refractivity contribution in [3.05, 3.63) is 64.1 Å². The zero-order chi connectivity index (χ0) is 14.5. The highest BCUT2D eigenvalue weighted by molar-refractivity contribution is 9.10. The fraction of sp³-hybridized carbons (Fsp3) is 0.188. The zero-order valence-electron chi connectivity index (χ0n) is 11.4. The summed E-state index contributed by atoms with van der Waals surface area (Å²) in [4.78, 5) is 11.7. The normalized spacial score (nSPS) is 11.8. The van der Waals surface area contributed by atoms with Crippen LogP contribution in [0, 0.1) is 0 Å². The standard InChI is InChI=1S/C16H16BrNO2/c1-11(12-7-9-13(17)10-8-12)18-15-6-4-3-5-14(15)16(19)20-2/h3-11,18H,1-2H3. The van der Waals surface area contributed by atoms with Crippen LogP contribution in [-0.2, 0) is 4.74 Å². The number of ether oxygens (including phenoxy) is 1. The van der Waals surface area contributed by atoms with Crippen LogP contribution in [0.2, 0.25) is 0 Å². The number of nitrogens with one attached hydrogen (secondary N) is 1. The third kappa shape index (κ3) is 3.39. The highest BCUT2D eigenvalue weighted by Crippen LogP contribution is 2.24. The van der Waals surface area contributed by atoms with Gasteiger partial charge in [-0.05, 0) is 36.8 Å². The molecule has 0 amide bonds. The lowest BCUT2D eigenvalue weighted by Crippen LogP contribution is -2.11. The van der Waals surface area contributed by atoms with Crippen molar-refractivity contribution in [1.82, 2.24) is 0 Å². The van der Waals surface area contributed by atoms with E-state index < -0.39 is 0 Å². The third-order valence-corrected chi connectivity index (χ3v) is 3.60. The van der Waals surface area contributed by atoms with E-state index in [1.165, 1.54) is 7.11 Å². The molecule has 0 aliphatic carbocycles. The number of benzene rings is 2. The number of hydrogen-bond donors (Lipinski definition) is 1. The fourth-order valence-electron chi connectivity index (χ4n) is 1.96. The number of halogens is 1. The molecular weight excluding hydrogens is 318 g/mol. The van der Waals surface area contributed by atoms with Gasteiger partial charge in [0, 0.05) is 16.2 Å². The first-order valence-corrected chi connectivity index (χ1v) is 7.10. The Morgan fingerprint density at radius 2 is 1.80 bits per heavy atom. The molecule has 20 heavy (non-hydrogen) atoms. The number of carbonyl (C=O) groups is 1. The number of carbonyl (C=O) groups excluding carboxylic acids is 1. The molecule has 0 heterocycles. The van der Waals surface area contributed by atoms with Crippen molar-refractivity contribution in [1.29, 1.82) is 0 Å². The smallest absolute Gasteiger partial charge is 0.339 e. The van der Waals surface area contributed by atoms with Crippen LogP contribution in [0.3, 0.4) is 0 Å². The first kappa shape index (κ1) is 14.6. The maximum absolute atomic E-state index is 11.7. The number of anilines is 1. The molecule has 3 nitrogen and oxygen atoms in total. The molecule has 0 fully saturated rings. The molecule has 0 saturated heterocycles. The van der Waals surface area contributed by atoms with E-state index in [0.29, 0.717) is 5.56 Å². The van der Waals surface area contributed by atoms with Crippen molar-refractivity contribution < 1.29 is 9.53 Å². The molecule has 0 saturated carbocycles. The van der Waals surface area contributed by atoms with Crippen molar-refractivity contribution >= 4 is 27.6 Å². The van der Waals surface area contributed by atoms with Crippen LogP contribution in [0.4, 0.5) is 5.69 Å². The highest BCUT2D eigenvalue weighted by Gasteiger charge is 2.13. The van der Waals surface area contributed by atoms with E-state index >= 15 is 0 Å². The van der Waals surface area contributed by atoms with Gasteiger partial charge in [-0.1, -0.05) is 40.2 Å². The molecule has 0 aromatic heterocycles. The quantitative estimate of drug-likeness (QED) is 0.842. The maximum atomic E-state index is 11.7. The summed E-state index contributed by atoms with van der Waals surface area (Å²) < 4.78 is 5.84. The summed E-state index contributed by atoms with van der Waals surface area (Å²) in [6.45, 7) is 2.05. The Labute approximate surface area is 127 Å². The number of hydrogen-bond acceptors (Lipinski definition) is 3. The first-order valence-electron chi connectivity index (χ1n) is 6.31. The Morgan fingerprint density at radius 3 is 2.45 bits per heavy atom. The second-order valence-corrected chi connectivity index (χ2v) is 5.37. The van der Waals surface area contributed by atoms with Crippen LogP contribution in [0.1, 0.15) is 28.9 Å². The van der Waals surface area contributed by atoms with Crippen molar-refractivity contribution in [2.24, 2.45) is 0 Å². The molecule has 2 rings (SSSR count). The molecule has 104 valence electrons. The summed E-state index contributed by atoms with van der Waals surface area (Å²) in [5, 5.41) is 3.35. The Bertz CT molecular complexity index is 596. The molecule has 2 aromatic rings. The highest BCUT2D eigenvalue weighted by atomic mass is 79.9. The number of rotatable bonds is 4. The van der Waals surface area contributed by atoms with E-state index in [-0.39, 0.29) is 12.0 Å². The molecule has 0 aliphatic rings. The van der Waals surface area contributed by atoms with Crippen LogP contribution < -0.4 is 5.32 Å². The predicted molar refractivity (Wildman–Crippen MR) is 84.0 cm³/mol. The third-order valence-electron chi connectivity index (χ3n) is 3.07. The van der Waals surface area contributed by atoms with Crippen LogP contribution in [0.25, 0.3) is 0 Å². The van der Waals surface area contributed by atoms with Gasteiger partial charge in [-0.2, -0.15) is 0 Å². The molecule has 1 N–H and O–H groups in total. The van der Waals surface area contributed by atoms with Crippen molar-refractivity contribution in [2.45, 2.75) is 13.0 Å². The van der Waals surface area contributed by atoms with E-state index in [4.69, 9.17) is 4.74 Å². The first-order chi connectivity index (χ1) is 9.61. The summed E-state index contributed by atoms with van der Waals surface area (Å²) in [7, 11) is 1.39. The molecule has 0 bridgehead atoms. The molecule has 0 aliphatic heterocycles. The molecule has 1 unspecified atom stereocenters. The monoisotopic (exact) mass is 333 g/mol. The van der Waals surface area contributed by atoms with E-state index in [1.807, 2.05) is 42.5 Å². The molecule has 0 radical (unpaired) electrons. The molecule has 4 heteroatoms. The lowest BCUT2D eigenvalue weighted by molar-refractivity contribution is 0.0602. The van der Waals surface area contributed by atoms with Crippen molar-refractivity contribution in [2.75, 3.05) is 12.4 Å². The largest absolute Gasteiger partial charge is 0.465 e. The Morgan fingerprint density at radius 1 is 1.15 bits per heavy atom. The SMILES string of the molecule is COC(=O)c1ccccc1NC(C)c1ccc(Br)cc1. The Kier molecular flexibility index (Phi) is 4.79. The number of para-hydroxylation sites is 1. The lowest BCUT2D eigenvalue weighted by atomic mass is 10.1. The van der Waals surface area contributed by atoms with Gasteiger partial charge in [0.1, 0.15) is 0 Å². The van der Waals surface area contributed by atoms with Gasteiger partial charge in [0.2, 0.25) is 0 Å². The van der Waals surface area contributed by atoms with Gasteiger partial charge in [-0.25, -0.2) is 4.79 Å². The van der Waals surface area contributed by atoms with Gasteiger partial charge in [-0.3, -0.25) is 0 Å². The van der Waals surface area contributed by atoms with Crippen LogP contribution >= 0.6 is 15.9 Å². The molecule has 1 atom stereocenters. The van der Waals surface area contributed by atoms with Gasteiger partial charge in [-0.15, -0.1) is 0 Å². The van der Waals surface area contributed by atoms with Crippen molar-refractivity contribution in [3.63, 3.8) is 0 Å². The minimum atomic E-state index is -0.337. The average Bonchev–Trinajstić information content (AvgIpc) is 2.47. The van der Waals surface area contributed by atoms with E-state index in [0.717, 1.165) is 15.7 Å². The van der Waals surface area contributed by atoms with Gasteiger partial charge in [0.05, 0.1) is 12.7 Å². The minimum Gasteiger partial charge on any atom is -0.465 e. The number of methoxy groups -OCH3 is 1. The summed E-state index contributed by atoms with van der Waals surface area (Å²) >= 11 is 3.42.